The van der Waals surface area contributed by atoms with Crippen molar-refractivity contribution in [2.75, 3.05) is 23.9 Å². The summed E-state index contributed by atoms with van der Waals surface area (Å²) in [5.74, 6) is 0.0688. The first kappa shape index (κ1) is 12.8. The highest BCUT2D eigenvalue weighted by atomic mass is 32.2. The van der Waals surface area contributed by atoms with Crippen LogP contribution in [0.5, 0.6) is 0 Å². The minimum Gasteiger partial charge on any atom is -0.330 e. The van der Waals surface area contributed by atoms with Gasteiger partial charge in [-0.3, -0.25) is 4.31 Å². The summed E-state index contributed by atoms with van der Waals surface area (Å²) >= 11 is 0. The van der Waals surface area contributed by atoms with Gasteiger partial charge in [0.2, 0.25) is 0 Å². The zero-order valence-corrected chi connectivity index (χ0v) is 10.5. The van der Waals surface area contributed by atoms with Crippen LogP contribution in [0.25, 0.3) is 0 Å². The molecule has 1 atom stereocenters. The van der Waals surface area contributed by atoms with E-state index in [1.807, 2.05) is 6.07 Å². The van der Waals surface area contributed by atoms with Gasteiger partial charge in [0.05, 0.1) is 17.3 Å². The number of nitrogens with zero attached hydrogens (tertiary/aromatic N) is 2. The number of hydrogen-bond acceptors (Lipinski definition) is 4. The van der Waals surface area contributed by atoms with Crippen LogP contribution < -0.4 is 14.8 Å². The van der Waals surface area contributed by atoms with Crippen LogP contribution in [0.3, 0.4) is 0 Å². The molecule has 6 nitrogen and oxygen atoms in total. The van der Waals surface area contributed by atoms with Crippen LogP contribution in [0.2, 0.25) is 0 Å². The highest BCUT2D eigenvalue weighted by Crippen LogP contribution is 2.22. The summed E-state index contributed by atoms with van der Waals surface area (Å²) in [5.41, 5.74) is 6.49. The van der Waals surface area contributed by atoms with E-state index < -0.39 is 10.2 Å². The van der Waals surface area contributed by atoms with Crippen molar-refractivity contribution in [1.82, 2.24) is 4.72 Å². The molecule has 0 aliphatic carbocycles. The third-order valence-corrected chi connectivity index (χ3v) is 4.34. The van der Waals surface area contributed by atoms with Gasteiger partial charge in [-0.25, -0.2) is 0 Å². The maximum Gasteiger partial charge on any atom is 0.301 e. The fraction of sp³-hybridized carbons (Fsp3) is 0.364. The zero-order chi connectivity index (χ0) is 13.2. The molecule has 1 aromatic rings. The summed E-state index contributed by atoms with van der Waals surface area (Å²) in [4.78, 5) is 0. The SMILES string of the molecule is N#Cc1cccc(N2CC(CN)CNS2(=O)=O)c1. The molecule has 0 aromatic heterocycles. The minimum absolute atomic E-state index is 0.0688. The van der Waals surface area contributed by atoms with E-state index in [0.29, 0.717) is 30.9 Å². The van der Waals surface area contributed by atoms with Gasteiger partial charge >= 0.3 is 10.2 Å². The van der Waals surface area contributed by atoms with Gasteiger partial charge in [-0.2, -0.15) is 18.4 Å². The van der Waals surface area contributed by atoms with E-state index >= 15 is 0 Å². The Balaban J connectivity index is 2.37. The van der Waals surface area contributed by atoms with Crippen molar-refractivity contribution in [1.29, 1.82) is 5.26 Å². The smallest absolute Gasteiger partial charge is 0.301 e. The van der Waals surface area contributed by atoms with E-state index in [9.17, 15) is 8.42 Å². The molecule has 1 aliphatic rings. The van der Waals surface area contributed by atoms with Crippen molar-refractivity contribution < 1.29 is 8.42 Å². The van der Waals surface area contributed by atoms with E-state index in [-0.39, 0.29) is 5.92 Å². The predicted molar refractivity (Wildman–Crippen MR) is 68.0 cm³/mol. The maximum atomic E-state index is 11.9. The first-order valence-corrected chi connectivity index (χ1v) is 6.98. The van der Waals surface area contributed by atoms with Gasteiger partial charge in [-0.15, -0.1) is 0 Å². The molecule has 18 heavy (non-hydrogen) atoms. The number of nitrogens with two attached hydrogens (primary N) is 1. The van der Waals surface area contributed by atoms with Crippen molar-refractivity contribution in [2.45, 2.75) is 0 Å². The molecule has 0 spiro atoms. The molecule has 3 N–H and O–H groups in total. The van der Waals surface area contributed by atoms with E-state index in [2.05, 4.69) is 4.72 Å². The Bertz CT molecular complexity index is 579. The lowest BCUT2D eigenvalue weighted by Gasteiger charge is -2.33. The monoisotopic (exact) mass is 266 g/mol. The Kier molecular flexibility index (Phi) is 3.52. The third-order valence-electron chi connectivity index (χ3n) is 2.87. The summed E-state index contributed by atoms with van der Waals surface area (Å²) in [7, 11) is -3.53. The quantitative estimate of drug-likeness (QED) is 0.773. The van der Waals surface area contributed by atoms with Gasteiger partial charge in [0, 0.05) is 19.0 Å². The highest BCUT2D eigenvalue weighted by Gasteiger charge is 2.30. The van der Waals surface area contributed by atoms with Crippen LogP contribution in [-0.4, -0.2) is 28.1 Å². The Morgan fingerprint density at radius 1 is 1.56 bits per heavy atom. The molecule has 1 heterocycles. The van der Waals surface area contributed by atoms with Crippen LogP contribution >= 0.6 is 0 Å². The predicted octanol–water partition coefficient (Wildman–Crippen LogP) is -0.212. The summed E-state index contributed by atoms with van der Waals surface area (Å²) in [6, 6.07) is 8.51. The van der Waals surface area contributed by atoms with Crippen molar-refractivity contribution >= 4 is 15.9 Å². The summed E-state index contributed by atoms with van der Waals surface area (Å²) in [6.45, 7) is 1.10. The molecule has 96 valence electrons. The van der Waals surface area contributed by atoms with Crippen LogP contribution in [0, 0.1) is 17.2 Å². The average molecular weight is 266 g/mol. The second-order valence-corrected chi connectivity index (χ2v) is 5.83. The van der Waals surface area contributed by atoms with Gasteiger partial charge in [-0.05, 0) is 24.7 Å². The lowest BCUT2D eigenvalue weighted by atomic mass is 10.1. The molecule has 1 unspecified atom stereocenters. The summed E-state index contributed by atoms with van der Waals surface area (Å²) < 4.78 is 27.6. The fourth-order valence-electron chi connectivity index (χ4n) is 1.83. The van der Waals surface area contributed by atoms with E-state index in [1.165, 1.54) is 4.31 Å². The van der Waals surface area contributed by atoms with Crippen molar-refractivity contribution in [3.8, 4) is 6.07 Å². The molecule has 1 aliphatic heterocycles. The Labute approximate surface area is 106 Å². The number of anilines is 1. The van der Waals surface area contributed by atoms with Crippen molar-refractivity contribution in [2.24, 2.45) is 11.7 Å². The molecule has 1 aromatic carbocycles. The second-order valence-electron chi connectivity index (χ2n) is 4.15. The fourth-order valence-corrected chi connectivity index (χ4v) is 3.23. The third kappa shape index (κ3) is 2.46. The first-order valence-electron chi connectivity index (χ1n) is 5.54. The first-order chi connectivity index (χ1) is 8.56. The molecule has 1 saturated heterocycles. The van der Waals surface area contributed by atoms with Crippen molar-refractivity contribution in [3.05, 3.63) is 29.8 Å². The van der Waals surface area contributed by atoms with Crippen LogP contribution in [0.1, 0.15) is 5.56 Å². The highest BCUT2D eigenvalue weighted by molar-refractivity contribution is 7.90. The molecule has 2 rings (SSSR count). The summed E-state index contributed by atoms with van der Waals surface area (Å²) in [6.07, 6.45) is 0. The number of benzene rings is 1. The van der Waals surface area contributed by atoms with E-state index in [4.69, 9.17) is 11.0 Å². The number of nitrogens with one attached hydrogen (secondary N) is 1. The number of hydrogen-bond donors (Lipinski definition) is 2. The molecule has 7 heteroatoms. The Morgan fingerprint density at radius 2 is 2.33 bits per heavy atom. The summed E-state index contributed by atoms with van der Waals surface area (Å²) in [5, 5.41) is 8.84. The molecule has 0 amide bonds. The normalized spacial score (nSPS) is 22.4. The molecule has 0 radical (unpaired) electrons. The van der Waals surface area contributed by atoms with Crippen LogP contribution in [0.4, 0.5) is 5.69 Å². The largest absolute Gasteiger partial charge is 0.330 e. The van der Waals surface area contributed by atoms with E-state index in [1.54, 1.807) is 24.3 Å². The van der Waals surface area contributed by atoms with Gasteiger partial charge in [-0.1, -0.05) is 6.07 Å². The van der Waals surface area contributed by atoms with Crippen LogP contribution in [0.15, 0.2) is 24.3 Å². The maximum absolute atomic E-state index is 11.9. The van der Waals surface area contributed by atoms with Gasteiger partial charge in [0.25, 0.3) is 0 Å². The molecule has 1 fully saturated rings. The second kappa shape index (κ2) is 4.94. The topological polar surface area (TPSA) is 99.2 Å². The average Bonchev–Trinajstić information content (AvgIpc) is 2.38. The molecular formula is C11H14N4O2S. The molecule has 0 bridgehead atoms. The minimum atomic E-state index is -3.53. The molecular weight excluding hydrogens is 252 g/mol. The van der Waals surface area contributed by atoms with E-state index in [0.717, 1.165) is 0 Å². The Morgan fingerprint density at radius 3 is 3.00 bits per heavy atom. The van der Waals surface area contributed by atoms with Gasteiger partial charge < -0.3 is 5.73 Å². The van der Waals surface area contributed by atoms with Gasteiger partial charge in [0.15, 0.2) is 0 Å². The number of nitriles is 1. The zero-order valence-electron chi connectivity index (χ0n) is 9.70. The van der Waals surface area contributed by atoms with Crippen molar-refractivity contribution in [3.63, 3.8) is 0 Å². The lowest BCUT2D eigenvalue weighted by Crippen LogP contribution is -2.53. The van der Waals surface area contributed by atoms with Gasteiger partial charge in [0.1, 0.15) is 0 Å². The number of rotatable bonds is 2. The standard InChI is InChI=1S/C11H14N4O2S/c12-5-9-2-1-3-11(4-9)15-8-10(6-13)7-14-18(15,16)17/h1-4,10,14H,6-8,13H2. The lowest BCUT2D eigenvalue weighted by molar-refractivity contribution is 0.486. The van der Waals surface area contributed by atoms with Crippen LogP contribution in [-0.2, 0) is 10.2 Å². The Hall–Kier alpha value is -1.62. The molecule has 0 saturated carbocycles.